The van der Waals surface area contributed by atoms with Crippen LogP contribution >= 0.6 is 0 Å². The monoisotopic (exact) mass is 456 g/mol. The van der Waals surface area contributed by atoms with Crippen LogP contribution in [-0.4, -0.2) is 67.9 Å². The number of anilines is 1. The van der Waals surface area contributed by atoms with Crippen LogP contribution in [0, 0.1) is 11.3 Å². The maximum absolute atomic E-state index is 12.6. The molecule has 32 heavy (non-hydrogen) atoms. The first-order chi connectivity index (χ1) is 15.4. The van der Waals surface area contributed by atoms with Crippen molar-refractivity contribution in [2.75, 3.05) is 44.2 Å². The molecule has 10 heteroatoms. The minimum absolute atomic E-state index is 0.164. The molecule has 0 unspecified atom stereocenters. The van der Waals surface area contributed by atoms with E-state index in [9.17, 15) is 13.2 Å². The van der Waals surface area contributed by atoms with E-state index in [1.165, 1.54) is 4.31 Å². The molecule has 2 heterocycles. The Labute approximate surface area is 189 Å². The fourth-order valence-corrected chi connectivity index (χ4v) is 5.04. The first-order valence-electron chi connectivity index (χ1n) is 10.6. The predicted octanol–water partition coefficient (Wildman–Crippen LogP) is 2.02. The zero-order valence-corrected chi connectivity index (χ0v) is 19.2. The highest BCUT2D eigenvalue weighted by atomic mass is 32.2. The predicted molar refractivity (Wildman–Crippen MR) is 122 cm³/mol. The molecular weight excluding hydrogens is 428 g/mol. The molecule has 170 valence electrons. The smallest absolute Gasteiger partial charge is 0.317 e. The van der Waals surface area contributed by atoms with Crippen molar-refractivity contribution in [3.8, 4) is 6.07 Å². The second-order valence-corrected chi connectivity index (χ2v) is 9.32. The molecule has 1 aliphatic rings. The van der Waals surface area contributed by atoms with Gasteiger partial charge in [0.2, 0.25) is 10.0 Å². The molecule has 1 fully saturated rings. The quantitative estimate of drug-likeness (QED) is 0.683. The largest absolute Gasteiger partial charge is 0.353 e. The average Bonchev–Trinajstić information content (AvgIpc) is 2.83. The van der Waals surface area contributed by atoms with Gasteiger partial charge in [0.05, 0.1) is 16.5 Å². The van der Waals surface area contributed by atoms with Gasteiger partial charge in [0.25, 0.3) is 0 Å². The van der Waals surface area contributed by atoms with Crippen molar-refractivity contribution < 1.29 is 13.2 Å². The zero-order valence-electron chi connectivity index (χ0n) is 18.4. The number of carbonyl (C=O) groups excluding carboxylic acids is 1. The third-order valence-corrected chi connectivity index (χ3v) is 7.54. The Kier molecular flexibility index (Phi) is 7.66. The molecule has 9 nitrogen and oxygen atoms in total. The van der Waals surface area contributed by atoms with Crippen LogP contribution in [0.1, 0.15) is 25.0 Å². The number of nitrogens with one attached hydrogen (secondary N) is 1. The lowest BCUT2D eigenvalue weighted by atomic mass is 10.2. The molecular formula is C22H28N6O3S. The van der Waals surface area contributed by atoms with Crippen molar-refractivity contribution in [2.24, 2.45) is 0 Å². The molecule has 0 bridgehead atoms. The summed E-state index contributed by atoms with van der Waals surface area (Å²) >= 11 is 0. The minimum atomic E-state index is -3.49. The van der Waals surface area contributed by atoms with E-state index in [4.69, 9.17) is 5.26 Å². The number of hydrogen-bond acceptors (Lipinski definition) is 6. The molecule has 3 rings (SSSR count). The SMILES string of the molecule is CCN(CC)S(=O)(=O)c1ccc(CNC(=O)N2CCN(c3cc(C#N)ccn3)CC2)cc1. The van der Waals surface area contributed by atoms with Crippen molar-refractivity contribution in [3.05, 3.63) is 53.7 Å². The molecule has 1 saturated heterocycles. The Morgan fingerprint density at radius 2 is 1.78 bits per heavy atom. The van der Waals surface area contributed by atoms with Crippen LogP contribution in [0.3, 0.4) is 0 Å². The van der Waals surface area contributed by atoms with Crippen LogP contribution in [0.15, 0.2) is 47.5 Å². The highest BCUT2D eigenvalue weighted by molar-refractivity contribution is 7.89. The first-order valence-corrected chi connectivity index (χ1v) is 12.1. The summed E-state index contributed by atoms with van der Waals surface area (Å²) in [5.74, 6) is 0.740. The van der Waals surface area contributed by atoms with Crippen molar-refractivity contribution in [1.29, 1.82) is 5.26 Å². The fourth-order valence-electron chi connectivity index (χ4n) is 3.58. The minimum Gasteiger partial charge on any atom is -0.353 e. The van der Waals surface area contributed by atoms with E-state index < -0.39 is 10.0 Å². The molecule has 0 saturated carbocycles. The van der Waals surface area contributed by atoms with Crippen LogP contribution in [0.4, 0.5) is 10.6 Å². The van der Waals surface area contributed by atoms with Crippen LogP contribution in [0.2, 0.25) is 0 Å². The number of amides is 2. The average molecular weight is 457 g/mol. The number of piperazine rings is 1. The lowest BCUT2D eigenvalue weighted by Crippen LogP contribution is -2.51. The molecule has 2 aromatic rings. The van der Waals surface area contributed by atoms with Crippen LogP contribution in [0.25, 0.3) is 0 Å². The number of pyridine rings is 1. The Balaban J connectivity index is 1.51. The lowest BCUT2D eigenvalue weighted by Gasteiger charge is -2.35. The summed E-state index contributed by atoms with van der Waals surface area (Å²) in [6.07, 6.45) is 1.62. The Hall–Kier alpha value is -3.16. The van der Waals surface area contributed by atoms with Crippen LogP contribution in [0.5, 0.6) is 0 Å². The Bertz CT molecular complexity index is 1070. The van der Waals surface area contributed by atoms with Crippen LogP contribution in [-0.2, 0) is 16.6 Å². The van der Waals surface area contributed by atoms with Gasteiger partial charge in [-0.15, -0.1) is 0 Å². The van der Waals surface area contributed by atoms with Crippen LogP contribution < -0.4 is 10.2 Å². The number of urea groups is 1. The Morgan fingerprint density at radius 1 is 1.12 bits per heavy atom. The van der Waals surface area contributed by atoms with E-state index >= 15 is 0 Å². The third-order valence-electron chi connectivity index (χ3n) is 5.48. The maximum Gasteiger partial charge on any atom is 0.317 e. The van der Waals surface area contributed by atoms with Gasteiger partial charge in [0.15, 0.2) is 0 Å². The van der Waals surface area contributed by atoms with Crippen molar-refractivity contribution >= 4 is 21.9 Å². The van der Waals surface area contributed by atoms with Gasteiger partial charge >= 0.3 is 6.03 Å². The second-order valence-electron chi connectivity index (χ2n) is 7.38. The van der Waals surface area contributed by atoms with Crippen molar-refractivity contribution in [1.82, 2.24) is 19.5 Å². The number of nitrogens with zero attached hydrogens (tertiary/aromatic N) is 5. The van der Waals surface area contributed by atoms with E-state index in [-0.39, 0.29) is 10.9 Å². The molecule has 1 aromatic carbocycles. The van der Waals surface area contributed by atoms with E-state index in [2.05, 4.69) is 21.3 Å². The molecule has 2 amide bonds. The molecule has 0 radical (unpaired) electrons. The van der Waals surface area contributed by atoms with Gasteiger partial charge < -0.3 is 15.1 Å². The summed E-state index contributed by atoms with van der Waals surface area (Å²) in [7, 11) is -3.49. The highest BCUT2D eigenvalue weighted by Gasteiger charge is 2.23. The molecule has 0 aliphatic carbocycles. The van der Waals surface area contributed by atoms with Gasteiger partial charge in [0, 0.05) is 52.0 Å². The number of rotatable bonds is 7. The molecule has 1 N–H and O–H groups in total. The lowest BCUT2D eigenvalue weighted by molar-refractivity contribution is 0.194. The fraction of sp³-hybridized carbons (Fsp3) is 0.409. The third kappa shape index (κ3) is 5.36. The number of benzene rings is 1. The van der Waals surface area contributed by atoms with E-state index in [1.54, 1.807) is 47.5 Å². The van der Waals surface area contributed by atoms with Gasteiger partial charge in [-0.3, -0.25) is 0 Å². The van der Waals surface area contributed by atoms with Crippen molar-refractivity contribution in [2.45, 2.75) is 25.3 Å². The summed E-state index contributed by atoms with van der Waals surface area (Å²) in [5, 5.41) is 11.9. The molecule has 0 atom stereocenters. The van der Waals surface area contributed by atoms with E-state index in [0.29, 0.717) is 51.4 Å². The normalized spacial score (nSPS) is 14.3. The summed E-state index contributed by atoms with van der Waals surface area (Å²) in [6.45, 7) is 7.14. The molecule has 1 aromatic heterocycles. The summed E-state index contributed by atoms with van der Waals surface area (Å²) < 4.78 is 26.5. The van der Waals surface area contributed by atoms with E-state index in [0.717, 1.165) is 11.4 Å². The number of sulfonamides is 1. The highest BCUT2D eigenvalue weighted by Crippen LogP contribution is 2.17. The van der Waals surface area contributed by atoms with Gasteiger partial charge in [-0.05, 0) is 29.8 Å². The number of aromatic nitrogens is 1. The Morgan fingerprint density at radius 3 is 2.38 bits per heavy atom. The van der Waals surface area contributed by atoms with E-state index in [1.807, 2.05) is 13.8 Å². The number of carbonyl (C=O) groups is 1. The standard InChI is InChI=1S/C22H28N6O3S/c1-3-28(4-2)32(30,31)20-7-5-18(6-8-20)17-25-22(29)27-13-11-26(12-14-27)21-15-19(16-23)9-10-24-21/h5-10,15H,3-4,11-14,17H2,1-2H3,(H,25,29). The number of nitriles is 1. The van der Waals surface area contributed by atoms with Gasteiger partial charge in [-0.25, -0.2) is 18.2 Å². The molecule has 0 spiro atoms. The summed E-state index contributed by atoms with van der Waals surface area (Å²) in [6, 6.07) is 12.0. The topological polar surface area (TPSA) is 110 Å². The summed E-state index contributed by atoms with van der Waals surface area (Å²) in [4.78, 5) is 20.9. The number of hydrogen-bond donors (Lipinski definition) is 1. The first kappa shape index (κ1) is 23.5. The van der Waals surface area contributed by atoms with Gasteiger partial charge in [-0.2, -0.15) is 9.57 Å². The second kappa shape index (κ2) is 10.4. The maximum atomic E-state index is 12.6. The summed E-state index contributed by atoms with van der Waals surface area (Å²) in [5.41, 5.74) is 1.39. The van der Waals surface area contributed by atoms with Gasteiger partial charge in [-0.1, -0.05) is 26.0 Å². The van der Waals surface area contributed by atoms with Crippen molar-refractivity contribution in [3.63, 3.8) is 0 Å². The zero-order chi connectivity index (χ0) is 23.1. The van der Waals surface area contributed by atoms with Gasteiger partial charge in [0.1, 0.15) is 5.82 Å². The molecule has 1 aliphatic heterocycles.